The number of rotatable bonds is 7. The van der Waals surface area contributed by atoms with Crippen LogP contribution in [0.2, 0.25) is 0 Å². The lowest BCUT2D eigenvalue weighted by atomic mass is 9.98. The van der Waals surface area contributed by atoms with E-state index in [0.29, 0.717) is 6.61 Å². The summed E-state index contributed by atoms with van der Waals surface area (Å²) in [4.78, 5) is 0. The molecule has 7 heteroatoms. The van der Waals surface area contributed by atoms with Gasteiger partial charge in [0.15, 0.2) is 11.5 Å². The third-order valence-electron chi connectivity index (χ3n) is 3.81. The largest absolute Gasteiger partial charge is 0.493 e. The van der Waals surface area contributed by atoms with Crippen LogP contribution in [0.25, 0.3) is 0 Å². The average molecular weight is 430 g/mol. The summed E-state index contributed by atoms with van der Waals surface area (Å²) in [7, 11) is 1.68. The van der Waals surface area contributed by atoms with E-state index < -0.39 is 0 Å². The fourth-order valence-electron chi connectivity index (χ4n) is 2.71. The van der Waals surface area contributed by atoms with Gasteiger partial charge in [0.25, 0.3) is 0 Å². The summed E-state index contributed by atoms with van der Waals surface area (Å²) in [5, 5.41) is 6.97. The van der Waals surface area contributed by atoms with Crippen LogP contribution in [0.5, 0.6) is 11.5 Å². The molecule has 2 rings (SSSR count). The van der Waals surface area contributed by atoms with E-state index in [-0.39, 0.29) is 24.8 Å². The zero-order valence-corrected chi connectivity index (χ0v) is 16.9. The summed E-state index contributed by atoms with van der Waals surface area (Å²) in [5.41, 5.74) is 1.14. The molecule has 23 heavy (non-hydrogen) atoms. The number of halogens is 3. The lowest BCUT2D eigenvalue weighted by Crippen LogP contribution is -2.33. The molecule has 0 bridgehead atoms. The fourth-order valence-corrected chi connectivity index (χ4v) is 3.19. The molecular formula is C16H27BrCl2N2O2. The van der Waals surface area contributed by atoms with Gasteiger partial charge in [-0.25, -0.2) is 0 Å². The Hall–Kier alpha value is -0.200. The zero-order chi connectivity index (χ0) is 15.1. The van der Waals surface area contributed by atoms with Gasteiger partial charge in [-0.15, -0.1) is 24.8 Å². The molecule has 0 atom stereocenters. The van der Waals surface area contributed by atoms with Crippen molar-refractivity contribution in [2.45, 2.75) is 26.3 Å². The molecule has 4 nitrogen and oxygen atoms in total. The summed E-state index contributed by atoms with van der Waals surface area (Å²) in [6.45, 7) is 6.77. The van der Waals surface area contributed by atoms with E-state index in [4.69, 9.17) is 9.47 Å². The van der Waals surface area contributed by atoms with E-state index in [1.165, 1.54) is 12.8 Å². The van der Waals surface area contributed by atoms with E-state index in [9.17, 15) is 0 Å². The Balaban J connectivity index is 0.00000242. The molecule has 2 N–H and O–H groups in total. The van der Waals surface area contributed by atoms with Gasteiger partial charge in [-0.05, 0) is 57.5 Å². The lowest BCUT2D eigenvalue weighted by Gasteiger charge is -2.23. The van der Waals surface area contributed by atoms with Gasteiger partial charge >= 0.3 is 0 Å². The maximum Gasteiger partial charge on any atom is 0.165 e. The topological polar surface area (TPSA) is 42.5 Å². The van der Waals surface area contributed by atoms with Gasteiger partial charge in [0.1, 0.15) is 0 Å². The van der Waals surface area contributed by atoms with Crippen LogP contribution in [0.1, 0.15) is 25.3 Å². The van der Waals surface area contributed by atoms with Crippen LogP contribution in [-0.2, 0) is 6.54 Å². The summed E-state index contributed by atoms with van der Waals surface area (Å²) < 4.78 is 12.2. The Morgan fingerprint density at radius 3 is 2.57 bits per heavy atom. The van der Waals surface area contributed by atoms with E-state index in [0.717, 1.165) is 53.6 Å². The minimum atomic E-state index is 0. The lowest BCUT2D eigenvalue weighted by molar-refractivity contribution is 0.305. The number of nitrogens with one attached hydrogen (secondary N) is 2. The van der Waals surface area contributed by atoms with Crippen molar-refractivity contribution < 1.29 is 9.47 Å². The van der Waals surface area contributed by atoms with Crippen molar-refractivity contribution >= 4 is 40.7 Å². The van der Waals surface area contributed by atoms with Gasteiger partial charge in [-0.2, -0.15) is 0 Å². The molecule has 1 heterocycles. The van der Waals surface area contributed by atoms with Gasteiger partial charge in [0, 0.05) is 16.6 Å². The molecular weight excluding hydrogens is 403 g/mol. The maximum absolute atomic E-state index is 5.76. The number of ether oxygens (including phenoxy) is 2. The van der Waals surface area contributed by atoms with Crippen LogP contribution in [0.15, 0.2) is 16.6 Å². The molecule has 1 saturated heterocycles. The summed E-state index contributed by atoms with van der Waals surface area (Å²) in [5.74, 6) is 2.40. The van der Waals surface area contributed by atoms with Crippen LogP contribution in [0, 0.1) is 5.92 Å². The maximum atomic E-state index is 5.76. The third-order valence-corrected chi connectivity index (χ3v) is 4.27. The first-order valence-electron chi connectivity index (χ1n) is 7.65. The molecule has 1 aliphatic heterocycles. The minimum Gasteiger partial charge on any atom is -0.493 e. The smallest absolute Gasteiger partial charge is 0.165 e. The van der Waals surface area contributed by atoms with Gasteiger partial charge in [-0.3, -0.25) is 0 Å². The molecule has 1 aromatic rings. The third kappa shape index (κ3) is 7.06. The van der Waals surface area contributed by atoms with E-state index in [1.54, 1.807) is 7.11 Å². The quantitative estimate of drug-likeness (QED) is 0.691. The van der Waals surface area contributed by atoms with Crippen molar-refractivity contribution in [2.24, 2.45) is 5.92 Å². The van der Waals surface area contributed by atoms with E-state index >= 15 is 0 Å². The van der Waals surface area contributed by atoms with Crippen molar-refractivity contribution in [3.05, 3.63) is 22.2 Å². The van der Waals surface area contributed by atoms with Crippen molar-refractivity contribution in [2.75, 3.05) is 33.4 Å². The van der Waals surface area contributed by atoms with E-state index in [2.05, 4.69) is 32.6 Å². The molecule has 0 aliphatic carbocycles. The van der Waals surface area contributed by atoms with Crippen molar-refractivity contribution in [1.29, 1.82) is 0 Å². The van der Waals surface area contributed by atoms with Gasteiger partial charge < -0.3 is 20.1 Å². The zero-order valence-electron chi connectivity index (χ0n) is 13.7. The monoisotopic (exact) mass is 428 g/mol. The summed E-state index contributed by atoms with van der Waals surface area (Å²) >= 11 is 3.54. The highest BCUT2D eigenvalue weighted by Gasteiger charge is 2.15. The first kappa shape index (κ1) is 22.8. The first-order valence-corrected chi connectivity index (χ1v) is 8.44. The molecule has 0 amide bonds. The Bertz CT molecular complexity index is 458. The Labute approximate surface area is 160 Å². The highest BCUT2D eigenvalue weighted by atomic mass is 79.9. The predicted octanol–water partition coefficient (Wildman–Crippen LogP) is 3.79. The fraction of sp³-hybridized carbons (Fsp3) is 0.625. The van der Waals surface area contributed by atoms with Gasteiger partial charge in [0.2, 0.25) is 0 Å². The molecule has 0 unspecified atom stereocenters. The van der Waals surface area contributed by atoms with Crippen LogP contribution < -0.4 is 20.1 Å². The van der Waals surface area contributed by atoms with Gasteiger partial charge in [0.05, 0.1) is 13.7 Å². The van der Waals surface area contributed by atoms with Crippen LogP contribution in [0.4, 0.5) is 0 Å². The molecule has 0 aromatic heterocycles. The standard InChI is InChI=1S/C16H25BrN2O2.2ClH/c1-3-21-16-13(8-14(17)9-15(16)20-2)11-19-10-12-4-6-18-7-5-12;;/h8-9,12,18-19H,3-7,10-11H2,1-2H3;2*1H. The first-order chi connectivity index (χ1) is 10.2. The van der Waals surface area contributed by atoms with Crippen molar-refractivity contribution in [3.63, 3.8) is 0 Å². The predicted molar refractivity (Wildman–Crippen MR) is 104 cm³/mol. The number of methoxy groups -OCH3 is 1. The average Bonchev–Trinajstić information content (AvgIpc) is 2.50. The number of hydrogen-bond donors (Lipinski definition) is 2. The molecule has 1 aliphatic rings. The van der Waals surface area contributed by atoms with Crippen molar-refractivity contribution in [1.82, 2.24) is 10.6 Å². The number of hydrogen-bond acceptors (Lipinski definition) is 4. The Kier molecular flexibility index (Phi) is 12.1. The second-order valence-corrected chi connectivity index (χ2v) is 6.27. The normalized spacial score (nSPS) is 14.6. The second-order valence-electron chi connectivity index (χ2n) is 5.35. The number of piperidine rings is 1. The van der Waals surface area contributed by atoms with Gasteiger partial charge in [-0.1, -0.05) is 15.9 Å². The van der Waals surface area contributed by atoms with E-state index in [1.807, 2.05) is 13.0 Å². The molecule has 0 saturated carbocycles. The minimum absolute atomic E-state index is 0. The molecule has 1 fully saturated rings. The molecule has 0 radical (unpaired) electrons. The SMILES string of the molecule is CCOc1c(CNCC2CCNCC2)cc(Br)cc1OC.Cl.Cl. The molecule has 0 spiro atoms. The second kappa shape index (κ2) is 12.2. The van der Waals surface area contributed by atoms with Crippen molar-refractivity contribution in [3.8, 4) is 11.5 Å². The Morgan fingerprint density at radius 2 is 1.96 bits per heavy atom. The van der Waals surface area contributed by atoms with Crippen LogP contribution in [-0.4, -0.2) is 33.4 Å². The summed E-state index contributed by atoms with van der Waals surface area (Å²) in [6.07, 6.45) is 2.51. The Morgan fingerprint density at radius 1 is 1.26 bits per heavy atom. The highest BCUT2D eigenvalue weighted by Crippen LogP contribution is 2.34. The van der Waals surface area contributed by atoms with Crippen LogP contribution in [0.3, 0.4) is 0 Å². The molecule has 134 valence electrons. The van der Waals surface area contributed by atoms with Crippen LogP contribution >= 0.6 is 40.7 Å². The highest BCUT2D eigenvalue weighted by molar-refractivity contribution is 9.10. The number of benzene rings is 1. The summed E-state index contributed by atoms with van der Waals surface area (Å²) in [6, 6.07) is 4.05. The molecule has 1 aromatic carbocycles.